The summed E-state index contributed by atoms with van der Waals surface area (Å²) in [5, 5.41) is 8.93. The first-order valence-electron chi connectivity index (χ1n) is 5.80. The highest BCUT2D eigenvalue weighted by atomic mass is 79.9. The van der Waals surface area contributed by atoms with Crippen LogP contribution in [-0.4, -0.2) is 25.0 Å². The molecule has 0 radical (unpaired) electrons. The molecular formula is C12H14BrNO4S. The number of rotatable bonds is 4. The summed E-state index contributed by atoms with van der Waals surface area (Å²) >= 11 is 3.15. The minimum absolute atomic E-state index is 0.0412. The molecule has 0 spiro atoms. The molecule has 0 atom stereocenters. The Balaban J connectivity index is 2.39. The minimum Gasteiger partial charge on any atom is -0.478 e. The maximum atomic E-state index is 12.3. The highest BCUT2D eigenvalue weighted by Crippen LogP contribution is 2.33. The van der Waals surface area contributed by atoms with Crippen molar-refractivity contribution in [2.24, 2.45) is 0 Å². The fourth-order valence-electron chi connectivity index (χ4n) is 2.03. The molecule has 0 amide bonds. The predicted molar refractivity (Wildman–Crippen MR) is 73.7 cm³/mol. The fourth-order valence-corrected chi connectivity index (χ4v) is 4.49. The van der Waals surface area contributed by atoms with Gasteiger partial charge in [0.25, 0.3) is 0 Å². The number of benzene rings is 1. The average molecular weight is 348 g/mol. The maximum absolute atomic E-state index is 12.3. The lowest BCUT2D eigenvalue weighted by molar-refractivity contribution is 0.0696. The van der Waals surface area contributed by atoms with Gasteiger partial charge in [-0.3, -0.25) is 0 Å². The van der Waals surface area contributed by atoms with Crippen LogP contribution in [0.4, 0.5) is 0 Å². The van der Waals surface area contributed by atoms with Gasteiger partial charge in [-0.25, -0.2) is 17.9 Å². The van der Waals surface area contributed by atoms with Crippen molar-refractivity contribution < 1.29 is 18.3 Å². The van der Waals surface area contributed by atoms with Crippen LogP contribution in [0.25, 0.3) is 0 Å². The standard InChI is InChI=1S/C12H14BrNO4S/c1-12(5-2-6-12)14-19(17,18)10-7-8(11(15)16)3-4-9(10)13/h3-4,7,14H,2,5-6H2,1H3,(H,15,16). The van der Waals surface area contributed by atoms with Crippen LogP contribution in [-0.2, 0) is 10.0 Å². The largest absolute Gasteiger partial charge is 0.478 e. The molecule has 1 aromatic carbocycles. The lowest BCUT2D eigenvalue weighted by Gasteiger charge is -2.38. The van der Waals surface area contributed by atoms with Gasteiger partial charge in [-0.2, -0.15) is 0 Å². The first-order chi connectivity index (χ1) is 8.73. The van der Waals surface area contributed by atoms with E-state index in [-0.39, 0.29) is 10.5 Å². The number of carbonyl (C=O) groups is 1. The summed E-state index contributed by atoms with van der Waals surface area (Å²) in [6, 6.07) is 3.95. The zero-order valence-corrected chi connectivity index (χ0v) is 12.7. The topological polar surface area (TPSA) is 83.5 Å². The number of carboxylic acids is 1. The molecule has 2 rings (SSSR count). The van der Waals surface area contributed by atoms with E-state index in [0.29, 0.717) is 4.47 Å². The van der Waals surface area contributed by atoms with Crippen molar-refractivity contribution in [3.63, 3.8) is 0 Å². The number of aromatic carboxylic acids is 1. The van der Waals surface area contributed by atoms with E-state index in [1.807, 2.05) is 6.92 Å². The summed E-state index contributed by atoms with van der Waals surface area (Å²) in [7, 11) is -3.73. The zero-order chi connectivity index (χ0) is 14.3. The molecule has 0 heterocycles. The Hall–Kier alpha value is -0.920. The number of halogens is 1. The van der Waals surface area contributed by atoms with E-state index in [1.165, 1.54) is 12.1 Å². The molecule has 0 unspecified atom stereocenters. The smallest absolute Gasteiger partial charge is 0.335 e. The second-order valence-electron chi connectivity index (χ2n) is 4.97. The average Bonchev–Trinajstić information content (AvgIpc) is 2.26. The summed E-state index contributed by atoms with van der Waals surface area (Å²) in [5.41, 5.74) is -0.473. The van der Waals surface area contributed by atoms with Crippen LogP contribution in [0.15, 0.2) is 27.6 Å². The Morgan fingerprint density at radius 3 is 2.53 bits per heavy atom. The molecule has 104 valence electrons. The Labute approximate surface area is 120 Å². The molecule has 0 bridgehead atoms. The highest BCUT2D eigenvalue weighted by molar-refractivity contribution is 9.10. The number of sulfonamides is 1. The number of carboxylic acid groups (broad SMARTS) is 1. The molecule has 2 N–H and O–H groups in total. The number of nitrogens with one attached hydrogen (secondary N) is 1. The van der Waals surface area contributed by atoms with Gasteiger partial charge in [0.15, 0.2) is 0 Å². The van der Waals surface area contributed by atoms with Gasteiger partial charge in [-0.15, -0.1) is 0 Å². The Morgan fingerprint density at radius 1 is 1.42 bits per heavy atom. The Kier molecular flexibility index (Phi) is 3.72. The molecule has 0 aliphatic heterocycles. The summed E-state index contributed by atoms with van der Waals surface area (Å²) in [6.45, 7) is 1.85. The van der Waals surface area contributed by atoms with Crippen molar-refractivity contribution in [2.45, 2.75) is 36.6 Å². The number of hydrogen-bond acceptors (Lipinski definition) is 3. The van der Waals surface area contributed by atoms with Gasteiger partial charge in [0.2, 0.25) is 10.0 Å². The van der Waals surface area contributed by atoms with Crippen molar-refractivity contribution in [2.75, 3.05) is 0 Å². The predicted octanol–water partition coefficient (Wildman–Crippen LogP) is 2.37. The summed E-state index contributed by atoms with van der Waals surface area (Å²) in [4.78, 5) is 10.9. The van der Waals surface area contributed by atoms with Gasteiger partial charge in [0, 0.05) is 10.0 Å². The van der Waals surface area contributed by atoms with Crippen molar-refractivity contribution >= 4 is 31.9 Å². The van der Waals surface area contributed by atoms with E-state index in [9.17, 15) is 13.2 Å². The summed E-state index contributed by atoms with van der Waals surface area (Å²) < 4.78 is 27.6. The normalized spacial score (nSPS) is 17.8. The van der Waals surface area contributed by atoms with Gasteiger partial charge < -0.3 is 5.11 Å². The van der Waals surface area contributed by atoms with Gasteiger partial charge in [-0.05, 0) is 60.3 Å². The molecule has 0 saturated heterocycles. The van der Waals surface area contributed by atoms with Crippen LogP contribution in [0.1, 0.15) is 36.5 Å². The van der Waals surface area contributed by atoms with Crippen molar-refractivity contribution in [3.8, 4) is 0 Å². The minimum atomic E-state index is -3.73. The lowest BCUT2D eigenvalue weighted by atomic mass is 9.80. The second-order valence-corrected chi connectivity index (χ2v) is 7.48. The molecular weight excluding hydrogens is 334 g/mol. The van der Waals surface area contributed by atoms with Crippen LogP contribution in [0.5, 0.6) is 0 Å². The van der Waals surface area contributed by atoms with Gasteiger partial charge in [0.05, 0.1) is 10.5 Å². The monoisotopic (exact) mass is 347 g/mol. The third-order valence-electron chi connectivity index (χ3n) is 3.31. The lowest BCUT2D eigenvalue weighted by Crippen LogP contribution is -2.50. The molecule has 1 saturated carbocycles. The van der Waals surface area contributed by atoms with E-state index in [1.54, 1.807) is 0 Å². The summed E-state index contributed by atoms with van der Waals surface area (Å²) in [5.74, 6) is -1.15. The van der Waals surface area contributed by atoms with Crippen molar-refractivity contribution in [1.29, 1.82) is 0 Å². The second kappa shape index (κ2) is 4.88. The first kappa shape index (κ1) is 14.5. The fraction of sp³-hybridized carbons (Fsp3) is 0.417. The molecule has 1 aliphatic carbocycles. The van der Waals surface area contributed by atoms with Gasteiger partial charge >= 0.3 is 5.97 Å². The zero-order valence-electron chi connectivity index (χ0n) is 10.3. The molecule has 0 aromatic heterocycles. The third kappa shape index (κ3) is 2.98. The van der Waals surface area contributed by atoms with E-state index >= 15 is 0 Å². The van der Waals surface area contributed by atoms with E-state index < -0.39 is 21.5 Å². The van der Waals surface area contributed by atoms with E-state index in [4.69, 9.17) is 5.11 Å². The van der Waals surface area contributed by atoms with Crippen LogP contribution >= 0.6 is 15.9 Å². The quantitative estimate of drug-likeness (QED) is 0.875. The third-order valence-corrected chi connectivity index (χ3v) is 5.94. The Morgan fingerprint density at radius 2 is 2.05 bits per heavy atom. The van der Waals surface area contributed by atoms with Crippen LogP contribution in [0.2, 0.25) is 0 Å². The molecule has 7 heteroatoms. The maximum Gasteiger partial charge on any atom is 0.335 e. The molecule has 1 aromatic rings. The summed E-state index contributed by atoms with van der Waals surface area (Å²) in [6.07, 6.45) is 2.58. The van der Waals surface area contributed by atoms with Gasteiger partial charge in [0.1, 0.15) is 0 Å². The van der Waals surface area contributed by atoms with Crippen LogP contribution < -0.4 is 4.72 Å². The Bertz CT molecular complexity index is 623. The van der Waals surface area contributed by atoms with Crippen molar-refractivity contribution in [1.82, 2.24) is 4.72 Å². The van der Waals surface area contributed by atoms with Gasteiger partial charge in [-0.1, -0.05) is 0 Å². The van der Waals surface area contributed by atoms with E-state index in [0.717, 1.165) is 25.3 Å². The molecule has 1 fully saturated rings. The van der Waals surface area contributed by atoms with Crippen LogP contribution in [0.3, 0.4) is 0 Å². The molecule has 19 heavy (non-hydrogen) atoms. The first-order valence-corrected chi connectivity index (χ1v) is 8.08. The SMILES string of the molecule is CC1(NS(=O)(=O)c2cc(C(=O)O)ccc2Br)CCC1. The number of hydrogen-bond donors (Lipinski definition) is 2. The van der Waals surface area contributed by atoms with E-state index in [2.05, 4.69) is 20.7 Å². The molecule has 5 nitrogen and oxygen atoms in total. The van der Waals surface area contributed by atoms with Crippen LogP contribution in [0, 0.1) is 0 Å². The highest BCUT2D eigenvalue weighted by Gasteiger charge is 2.36. The molecule has 1 aliphatic rings. The van der Waals surface area contributed by atoms with Crippen molar-refractivity contribution in [3.05, 3.63) is 28.2 Å².